The zero-order chi connectivity index (χ0) is 18.7. The Bertz CT molecular complexity index is 989. The highest BCUT2D eigenvalue weighted by molar-refractivity contribution is 7.20. The number of thiophene rings is 1. The molecule has 6 nitrogen and oxygen atoms in total. The molecular weight excluding hydrogens is 352 g/mol. The number of fused-ring (bicyclic) bond motifs is 1. The van der Waals surface area contributed by atoms with Gasteiger partial charge in [-0.05, 0) is 50.1 Å². The predicted octanol–water partition coefficient (Wildman–Crippen LogP) is 3.79. The number of aryl methyl sites for hydroxylation is 2. The van der Waals surface area contributed by atoms with E-state index >= 15 is 0 Å². The maximum Gasteiger partial charge on any atom is 0.354 e. The summed E-state index contributed by atoms with van der Waals surface area (Å²) in [5.41, 5.74) is 0.473. The van der Waals surface area contributed by atoms with E-state index in [1.807, 2.05) is 13.8 Å². The molecule has 0 radical (unpaired) electrons. The topological polar surface area (TPSA) is 70.4 Å². The lowest BCUT2D eigenvalue weighted by Gasteiger charge is -2.06. The number of hydrogen-bond donors (Lipinski definition) is 0. The predicted molar refractivity (Wildman–Crippen MR) is 101 cm³/mol. The van der Waals surface area contributed by atoms with Gasteiger partial charge in [0.05, 0.1) is 18.3 Å². The van der Waals surface area contributed by atoms with Crippen LogP contribution in [0.5, 0.6) is 11.5 Å². The largest absolute Gasteiger partial charge is 0.494 e. The first kappa shape index (κ1) is 18.1. The molecule has 0 atom stereocenters. The summed E-state index contributed by atoms with van der Waals surface area (Å²) in [6.45, 7) is 6.83. The second kappa shape index (κ2) is 7.70. The molecule has 0 aliphatic heterocycles. The van der Waals surface area contributed by atoms with E-state index in [0.717, 1.165) is 12.2 Å². The van der Waals surface area contributed by atoms with E-state index in [4.69, 9.17) is 9.47 Å². The van der Waals surface area contributed by atoms with E-state index in [9.17, 15) is 9.59 Å². The van der Waals surface area contributed by atoms with Crippen LogP contribution in [0.25, 0.3) is 10.2 Å². The van der Waals surface area contributed by atoms with Gasteiger partial charge in [0.1, 0.15) is 21.2 Å². The highest BCUT2D eigenvalue weighted by Gasteiger charge is 2.21. The van der Waals surface area contributed by atoms with Crippen LogP contribution >= 0.6 is 11.3 Å². The summed E-state index contributed by atoms with van der Waals surface area (Å²) in [4.78, 5) is 30.2. The van der Waals surface area contributed by atoms with Crippen molar-refractivity contribution in [3.05, 3.63) is 51.4 Å². The number of rotatable bonds is 6. The first-order chi connectivity index (χ1) is 12.5. The zero-order valence-electron chi connectivity index (χ0n) is 14.9. The lowest BCUT2D eigenvalue weighted by molar-refractivity contribution is 0.0739. The van der Waals surface area contributed by atoms with E-state index in [2.05, 4.69) is 4.98 Å². The Morgan fingerprint density at radius 3 is 2.54 bits per heavy atom. The van der Waals surface area contributed by atoms with E-state index in [1.165, 1.54) is 22.2 Å². The Balaban J connectivity index is 1.85. The summed E-state index contributed by atoms with van der Waals surface area (Å²) in [5, 5.41) is 0.481. The van der Waals surface area contributed by atoms with E-state index in [1.54, 1.807) is 31.2 Å². The molecule has 26 heavy (non-hydrogen) atoms. The van der Waals surface area contributed by atoms with Crippen molar-refractivity contribution in [3.63, 3.8) is 0 Å². The molecule has 0 spiro atoms. The molecule has 0 saturated heterocycles. The van der Waals surface area contributed by atoms with Gasteiger partial charge in [-0.2, -0.15) is 0 Å². The number of esters is 1. The van der Waals surface area contributed by atoms with Gasteiger partial charge in [-0.1, -0.05) is 6.92 Å². The summed E-state index contributed by atoms with van der Waals surface area (Å²) in [7, 11) is 0. The fourth-order valence-electron chi connectivity index (χ4n) is 2.56. The monoisotopic (exact) mass is 372 g/mol. The molecule has 0 bridgehead atoms. The van der Waals surface area contributed by atoms with Gasteiger partial charge in [-0.25, -0.2) is 9.78 Å². The van der Waals surface area contributed by atoms with Crippen LogP contribution in [-0.2, 0) is 6.54 Å². The van der Waals surface area contributed by atoms with Crippen LogP contribution < -0.4 is 15.0 Å². The van der Waals surface area contributed by atoms with Crippen molar-refractivity contribution in [1.29, 1.82) is 0 Å². The number of hydrogen-bond acceptors (Lipinski definition) is 6. The van der Waals surface area contributed by atoms with Crippen molar-refractivity contribution in [2.75, 3.05) is 6.61 Å². The molecule has 1 aromatic carbocycles. The number of carbonyl (C=O) groups excluding carboxylic acids is 1. The normalized spacial score (nSPS) is 10.9. The minimum atomic E-state index is -0.491. The number of nitrogens with zero attached hydrogens (tertiary/aromatic N) is 2. The number of carbonyl (C=O) groups is 1. The highest BCUT2D eigenvalue weighted by atomic mass is 32.1. The molecule has 3 rings (SSSR count). The molecule has 3 aromatic rings. The summed E-state index contributed by atoms with van der Waals surface area (Å²) in [6.07, 6.45) is 2.43. The van der Waals surface area contributed by atoms with Gasteiger partial charge in [0.15, 0.2) is 0 Å². The highest BCUT2D eigenvalue weighted by Crippen LogP contribution is 2.28. The number of benzene rings is 1. The number of aromatic nitrogens is 2. The summed E-state index contributed by atoms with van der Waals surface area (Å²) >= 11 is 1.18. The van der Waals surface area contributed by atoms with Gasteiger partial charge in [0, 0.05) is 6.54 Å². The first-order valence-electron chi connectivity index (χ1n) is 8.48. The standard InChI is InChI=1S/C19H20N2O4S/c1-4-10-24-13-6-8-14(9-7-13)25-19(23)16-12(3)15-17(26-16)20-11-21(5-2)18(15)22/h6-9,11H,4-5,10H2,1-3H3. The summed E-state index contributed by atoms with van der Waals surface area (Å²) in [6, 6.07) is 6.90. The maximum atomic E-state index is 12.5. The molecule has 7 heteroatoms. The van der Waals surface area contributed by atoms with Crippen molar-refractivity contribution in [2.45, 2.75) is 33.7 Å². The van der Waals surface area contributed by atoms with Gasteiger partial charge >= 0.3 is 5.97 Å². The average Bonchev–Trinajstić information content (AvgIpc) is 2.99. The molecule has 0 amide bonds. The average molecular weight is 372 g/mol. The Morgan fingerprint density at radius 1 is 1.19 bits per heavy atom. The number of ether oxygens (including phenoxy) is 2. The third-order valence-corrected chi connectivity index (χ3v) is 5.13. The van der Waals surface area contributed by atoms with Crippen molar-refractivity contribution in [1.82, 2.24) is 9.55 Å². The molecule has 0 aliphatic rings. The molecule has 2 aromatic heterocycles. The van der Waals surface area contributed by atoms with Crippen LogP contribution in [0, 0.1) is 6.92 Å². The molecule has 0 aliphatic carbocycles. The van der Waals surface area contributed by atoms with Gasteiger partial charge in [-0.3, -0.25) is 9.36 Å². The lowest BCUT2D eigenvalue weighted by Crippen LogP contribution is -2.19. The van der Waals surface area contributed by atoms with Crippen LogP contribution in [0.1, 0.15) is 35.5 Å². The Morgan fingerprint density at radius 2 is 1.88 bits per heavy atom. The smallest absolute Gasteiger partial charge is 0.354 e. The van der Waals surface area contributed by atoms with Crippen LogP contribution in [-0.4, -0.2) is 22.1 Å². The lowest BCUT2D eigenvalue weighted by atomic mass is 10.2. The minimum Gasteiger partial charge on any atom is -0.494 e. The minimum absolute atomic E-state index is 0.136. The van der Waals surface area contributed by atoms with Crippen LogP contribution in [0.4, 0.5) is 0 Å². The fraction of sp³-hybridized carbons (Fsp3) is 0.316. The van der Waals surface area contributed by atoms with E-state index < -0.39 is 5.97 Å². The maximum absolute atomic E-state index is 12.5. The quantitative estimate of drug-likeness (QED) is 0.486. The van der Waals surface area contributed by atoms with Gasteiger partial charge in [-0.15, -0.1) is 11.3 Å². The van der Waals surface area contributed by atoms with Crippen LogP contribution in [0.15, 0.2) is 35.4 Å². The molecule has 136 valence electrons. The third kappa shape index (κ3) is 3.48. The van der Waals surface area contributed by atoms with E-state index in [-0.39, 0.29) is 5.56 Å². The second-order valence-corrected chi connectivity index (χ2v) is 6.78. The van der Waals surface area contributed by atoms with Crippen LogP contribution in [0.2, 0.25) is 0 Å². The van der Waals surface area contributed by atoms with Crippen molar-refractivity contribution >= 4 is 27.5 Å². The second-order valence-electron chi connectivity index (χ2n) is 5.78. The fourth-order valence-corrected chi connectivity index (χ4v) is 3.57. The van der Waals surface area contributed by atoms with E-state index in [0.29, 0.717) is 39.6 Å². The Labute approximate surface area is 155 Å². The molecule has 0 unspecified atom stereocenters. The summed E-state index contributed by atoms with van der Waals surface area (Å²) < 4.78 is 12.5. The summed E-state index contributed by atoms with van der Waals surface area (Å²) in [5.74, 6) is 0.666. The van der Waals surface area contributed by atoms with Gasteiger partial charge < -0.3 is 9.47 Å². The third-order valence-electron chi connectivity index (χ3n) is 3.95. The van der Waals surface area contributed by atoms with Gasteiger partial charge in [0.25, 0.3) is 5.56 Å². The van der Waals surface area contributed by atoms with Crippen molar-refractivity contribution in [3.8, 4) is 11.5 Å². The Kier molecular flexibility index (Phi) is 5.37. The molecule has 0 saturated carbocycles. The molecule has 0 fully saturated rings. The SMILES string of the molecule is CCCOc1ccc(OC(=O)c2sc3ncn(CC)c(=O)c3c2C)cc1. The molecular formula is C19H20N2O4S. The molecule has 0 N–H and O–H groups in total. The van der Waals surface area contributed by atoms with Gasteiger partial charge in [0.2, 0.25) is 0 Å². The van der Waals surface area contributed by atoms with Crippen molar-refractivity contribution < 1.29 is 14.3 Å². The van der Waals surface area contributed by atoms with Crippen LogP contribution in [0.3, 0.4) is 0 Å². The van der Waals surface area contributed by atoms with Crippen molar-refractivity contribution in [2.24, 2.45) is 0 Å². The molecule has 2 heterocycles. The first-order valence-corrected chi connectivity index (χ1v) is 9.30. The zero-order valence-corrected chi connectivity index (χ0v) is 15.8. The Hall–Kier alpha value is -2.67.